The van der Waals surface area contributed by atoms with E-state index >= 15 is 0 Å². The SMILES string of the molecule is Cc1cnc(-c2cc(F)ccn2)s1. The first kappa shape index (κ1) is 8.31. The van der Waals surface area contributed by atoms with Crippen LogP contribution in [0, 0.1) is 12.7 Å². The molecule has 0 aliphatic carbocycles. The highest BCUT2D eigenvalue weighted by Crippen LogP contribution is 2.22. The van der Waals surface area contributed by atoms with Gasteiger partial charge in [-0.2, -0.15) is 0 Å². The van der Waals surface area contributed by atoms with Crippen molar-refractivity contribution in [3.63, 3.8) is 0 Å². The summed E-state index contributed by atoms with van der Waals surface area (Å²) in [6, 6.07) is 2.71. The van der Waals surface area contributed by atoms with Crippen LogP contribution in [-0.4, -0.2) is 9.97 Å². The summed E-state index contributed by atoms with van der Waals surface area (Å²) in [6.45, 7) is 1.96. The standard InChI is InChI=1S/C9H7FN2S/c1-6-5-12-9(13-6)8-4-7(10)2-3-11-8/h2-5H,1H3. The highest BCUT2D eigenvalue weighted by Gasteiger charge is 2.04. The lowest BCUT2D eigenvalue weighted by Crippen LogP contribution is -1.82. The van der Waals surface area contributed by atoms with Gasteiger partial charge in [0.1, 0.15) is 16.5 Å². The lowest BCUT2D eigenvalue weighted by atomic mass is 10.3. The van der Waals surface area contributed by atoms with Crippen molar-refractivity contribution < 1.29 is 4.39 Å². The van der Waals surface area contributed by atoms with Crippen LogP contribution in [-0.2, 0) is 0 Å². The summed E-state index contributed by atoms with van der Waals surface area (Å²) in [4.78, 5) is 9.25. The van der Waals surface area contributed by atoms with E-state index in [0.29, 0.717) is 5.69 Å². The molecule has 0 unspecified atom stereocenters. The Labute approximate surface area is 79.1 Å². The Morgan fingerprint density at radius 1 is 1.38 bits per heavy atom. The summed E-state index contributed by atoms with van der Waals surface area (Å²) < 4.78 is 12.8. The lowest BCUT2D eigenvalue weighted by molar-refractivity contribution is 0.626. The van der Waals surface area contributed by atoms with E-state index in [9.17, 15) is 4.39 Å². The molecule has 4 heteroatoms. The normalized spacial score (nSPS) is 10.3. The fourth-order valence-electron chi connectivity index (χ4n) is 0.995. The van der Waals surface area contributed by atoms with Crippen molar-refractivity contribution in [1.82, 2.24) is 9.97 Å². The Morgan fingerprint density at radius 2 is 2.23 bits per heavy atom. The van der Waals surface area contributed by atoms with Gasteiger partial charge in [-0.1, -0.05) is 0 Å². The monoisotopic (exact) mass is 194 g/mol. The molecular weight excluding hydrogens is 187 g/mol. The van der Waals surface area contributed by atoms with E-state index in [1.807, 2.05) is 6.92 Å². The van der Waals surface area contributed by atoms with Crippen LogP contribution in [0.4, 0.5) is 4.39 Å². The Bertz CT molecular complexity index is 425. The summed E-state index contributed by atoms with van der Waals surface area (Å²) in [5.41, 5.74) is 0.595. The van der Waals surface area contributed by atoms with Gasteiger partial charge in [0, 0.05) is 23.3 Å². The van der Waals surface area contributed by atoms with E-state index in [1.165, 1.54) is 29.7 Å². The molecule has 0 fully saturated rings. The van der Waals surface area contributed by atoms with Crippen LogP contribution in [0.5, 0.6) is 0 Å². The third kappa shape index (κ3) is 1.72. The number of aryl methyl sites for hydroxylation is 1. The van der Waals surface area contributed by atoms with Gasteiger partial charge in [-0.15, -0.1) is 11.3 Å². The molecule has 0 saturated carbocycles. The molecule has 2 rings (SSSR count). The van der Waals surface area contributed by atoms with Gasteiger partial charge >= 0.3 is 0 Å². The van der Waals surface area contributed by atoms with Crippen molar-refractivity contribution in [1.29, 1.82) is 0 Å². The van der Waals surface area contributed by atoms with E-state index in [0.717, 1.165) is 9.88 Å². The Balaban J connectivity index is 2.46. The fourth-order valence-corrected chi connectivity index (χ4v) is 1.73. The van der Waals surface area contributed by atoms with Gasteiger partial charge < -0.3 is 0 Å². The first-order chi connectivity index (χ1) is 6.25. The molecule has 0 amide bonds. The maximum Gasteiger partial charge on any atom is 0.142 e. The number of hydrogen-bond acceptors (Lipinski definition) is 3. The molecule has 0 spiro atoms. The van der Waals surface area contributed by atoms with Gasteiger partial charge in [0.15, 0.2) is 0 Å². The third-order valence-electron chi connectivity index (χ3n) is 1.56. The Morgan fingerprint density at radius 3 is 2.85 bits per heavy atom. The second-order valence-electron chi connectivity index (χ2n) is 2.64. The van der Waals surface area contributed by atoms with Crippen molar-refractivity contribution in [2.24, 2.45) is 0 Å². The third-order valence-corrected chi connectivity index (χ3v) is 2.50. The molecular formula is C9H7FN2S. The first-order valence-corrected chi connectivity index (χ1v) is 4.62. The molecule has 2 nitrogen and oxygen atoms in total. The van der Waals surface area contributed by atoms with E-state index in [-0.39, 0.29) is 5.82 Å². The highest BCUT2D eigenvalue weighted by molar-refractivity contribution is 7.14. The zero-order valence-corrected chi connectivity index (χ0v) is 7.81. The number of thiazole rings is 1. The molecule has 66 valence electrons. The van der Waals surface area contributed by atoms with E-state index in [4.69, 9.17) is 0 Å². The summed E-state index contributed by atoms with van der Waals surface area (Å²) in [5, 5.41) is 0.761. The van der Waals surface area contributed by atoms with Gasteiger partial charge in [0.2, 0.25) is 0 Å². The smallest absolute Gasteiger partial charge is 0.142 e. The Hall–Kier alpha value is -1.29. The molecule has 13 heavy (non-hydrogen) atoms. The van der Waals surface area contributed by atoms with Crippen molar-refractivity contribution >= 4 is 11.3 Å². The van der Waals surface area contributed by atoms with Crippen LogP contribution >= 0.6 is 11.3 Å². The van der Waals surface area contributed by atoms with Crippen LogP contribution in [0.2, 0.25) is 0 Å². The predicted octanol–water partition coefficient (Wildman–Crippen LogP) is 2.65. The van der Waals surface area contributed by atoms with Crippen LogP contribution in [0.15, 0.2) is 24.5 Å². The van der Waals surface area contributed by atoms with Gasteiger partial charge in [0.05, 0.1) is 0 Å². The largest absolute Gasteiger partial charge is 0.254 e. The fraction of sp³-hybridized carbons (Fsp3) is 0.111. The minimum absolute atomic E-state index is 0.280. The molecule has 0 atom stereocenters. The lowest BCUT2D eigenvalue weighted by Gasteiger charge is -1.93. The Kier molecular flexibility index (Phi) is 2.06. The second kappa shape index (κ2) is 3.22. The summed E-state index contributed by atoms with van der Waals surface area (Å²) in [6.07, 6.45) is 3.20. The van der Waals surface area contributed by atoms with Gasteiger partial charge in [-0.3, -0.25) is 4.98 Å². The second-order valence-corrected chi connectivity index (χ2v) is 3.87. The molecule has 2 aromatic heterocycles. The van der Waals surface area contributed by atoms with E-state index in [2.05, 4.69) is 9.97 Å². The van der Waals surface area contributed by atoms with Crippen LogP contribution in [0.3, 0.4) is 0 Å². The maximum absolute atomic E-state index is 12.8. The molecule has 0 aromatic carbocycles. The van der Waals surface area contributed by atoms with Crippen molar-refractivity contribution in [2.75, 3.05) is 0 Å². The van der Waals surface area contributed by atoms with Gasteiger partial charge in [-0.25, -0.2) is 9.37 Å². The van der Waals surface area contributed by atoms with Gasteiger partial charge in [-0.05, 0) is 13.0 Å². The molecule has 0 N–H and O–H groups in total. The maximum atomic E-state index is 12.8. The molecule has 0 aliphatic rings. The van der Waals surface area contributed by atoms with Crippen molar-refractivity contribution in [2.45, 2.75) is 6.92 Å². The topological polar surface area (TPSA) is 25.8 Å². The quantitative estimate of drug-likeness (QED) is 0.697. The summed E-state index contributed by atoms with van der Waals surface area (Å²) in [7, 11) is 0. The van der Waals surface area contributed by atoms with Crippen LogP contribution in [0.1, 0.15) is 4.88 Å². The zero-order valence-electron chi connectivity index (χ0n) is 6.99. The molecule has 0 bridgehead atoms. The van der Waals surface area contributed by atoms with Crippen molar-refractivity contribution in [3.8, 4) is 10.7 Å². The number of pyridine rings is 1. The van der Waals surface area contributed by atoms with E-state index in [1.54, 1.807) is 6.20 Å². The summed E-state index contributed by atoms with van der Waals surface area (Å²) >= 11 is 1.51. The van der Waals surface area contributed by atoms with Gasteiger partial charge in [0.25, 0.3) is 0 Å². The number of halogens is 1. The molecule has 0 radical (unpaired) electrons. The minimum atomic E-state index is -0.280. The molecule has 2 aromatic rings. The highest BCUT2D eigenvalue weighted by atomic mass is 32.1. The molecule has 2 heterocycles. The first-order valence-electron chi connectivity index (χ1n) is 3.80. The van der Waals surface area contributed by atoms with E-state index < -0.39 is 0 Å². The predicted molar refractivity (Wildman–Crippen MR) is 50.0 cm³/mol. The minimum Gasteiger partial charge on any atom is -0.254 e. The number of aromatic nitrogens is 2. The van der Waals surface area contributed by atoms with Crippen molar-refractivity contribution in [3.05, 3.63) is 35.2 Å². The molecule has 0 aliphatic heterocycles. The number of nitrogens with zero attached hydrogens (tertiary/aromatic N) is 2. The average Bonchev–Trinajstić information content (AvgIpc) is 2.52. The summed E-state index contributed by atoms with van der Waals surface area (Å²) in [5.74, 6) is -0.280. The zero-order chi connectivity index (χ0) is 9.26. The molecule has 0 saturated heterocycles. The van der Waals surface area contributed by atoms with Crippen LogP contribution in [0.25, 0.3) is 10.7 Å². The average molecular weight is 194 g/mol. The van der Waals surface area contributed by atoms with Crippen LogP contribution < -0.4 is 0 Å². The number of rotatable bonds is 1. The number of hydrogen-bond donors (Lipinski definition) is 0.